The summed E-state index contributed by atoms with van der Waals surface area (Å²) in [5.41, 5.74) is -0.0468. The standard InChI is InChI=1S/C12H11BrFN3O2S/c1-6-5-15-12(20-6)7(2)16-10-4-9(14)8(13)3-11(10)17(18)19/h3-5,7,16H,1-2H3. The van der Waals surface area contributed by atoms with Crippen LogP contribution in [-0.2, 0) is 0 Å². The highest BCUT2D eigenvalue weighted by Crippen LogP contribution is 2.33. The number of benzene rings is 1. The highest BCUT2D eigenvalue weighted by atomic mass is 79.9. The highest BCUT2D eigenvalue weighted by Gasteiger charge is 2.20. The fourth-order valence-electron chi connectivity index (χ4n) is 1.67. The lowest BCUT2D eigenvalue weighted by atomic mass is 10.2. The van der Waals surface area contributed by atoms with Crippen molar-refractivity contribution in [2.75, 3.05) is 5.32 Å². The lowest BCUT2D eigenvalue weighted by Crippen LogP contribution is -2.08. The molecule has 1 N–H and O–H groups in total. The van der Waals surface area contributed by atoms with Crippen LogP contribution in [0.5, 0.6) is 0 Å². The van der Waals surface area contributed by atoms with Crippen LogP contribution >= 0.6 is 27.3 Å². The van der Waals surface area contributed by atoms with Gasteiger partial charge < -0.3 is 5.32 Å². The molecule has 5 nitrogen and oxygen atoms in total. The molecule has 0 saturated heterocycles. The van der Waals surface area contributed by atoms with Gasteiger partial charge in [-0.15, -0.1) is 11.3 Å². The summed E-state index contributed by atoms with van der Waals surface area (Å²) in [5, 5.41) is 14.7. The number of halogens is 2. The van der Waals surface area contributed by atoms with Crippen molar-refractivity contribution in [3.8, 4) is 0 Å². The Morgan fingerprint density at radius 3 is 2.80 bits per heavy atom. The van der Waals surface area contributed by atoms with E-state index in [-0.39, 0.29) is 21.9 Å². The molecule has 1 aromatic heterocycles. The predicted molar refractivity (Wildman–Crippen MR) is 79.6 cm³/mol. The van der Waals surface area contributed by atoms with Gasteiger partial charge in [-0.3, -0.25) is 10.1 Å². The third-order valence-corrected chi connectivity index (χ3v) is 4.32. The van der Waals surface area contributed by atoms with Gasteiger partial charge in [-0.1, -0.05) is 0 Å². The van der Waals surface area contributed by atoms with Crippen molar-refractivity contribution < 1.29 is 9.31 Å². The number of nitrogens with zero attached hydrogens (tertiary/aromatic N) is 2. The number of hydrogen-bond donors (Lipinski definition) is 1. The third-order valence-electron chi connectivity index (χ3n) is 2.62. The SMILES string of the molecule is Cc1cnc(C(C)Nc2cc(F)c(Br)cc2[N+](=O)[O-])s1. The lowest BCUT2D eigenvalue weighted by Gasteiger charge is -2.13. The summed E-state index contributed by atoms with van der Waals surface area (Å²) in [4.78, 5) is 15.7. The molecule has 20 heavy (non-hydrogen) atoms. The smallest absolute Gasteiger partial charge is 0.293 e. The minimum Gasteiger partial charge on any atom is -0.370 e. The Labute approximate surface area is 127 Å². The highest BCUT2D eigenvalue weighted by molar-refractivity contribution is 9.10. The summed E-state index contributed by atoms with van der Waals surface area (Å²) in [6.45, 7) is 3.75. The van der Waals surface area contributed by atoms with Crippen LogP contribution in [0.25, 0.3) is 0 Å². The molecular weight excluding hydrogens is 349 g/mol. The van der Waals surface area contributed by atoms with Gasteiger partial charge in [0.1, 0.15) is 16.5 Å². The Kier molecular flexibility index (Phi) is 4.34. The molecule has 0 saturated carbocycles. The molecule has 1 atom stereocenters. The fourth-order valence-corrected chi connectivity index (χ4v) is 2.78. The summed E-state index contributed by atoms with van der Waals surface area (Å²) < 4.78 is 13.6. The Hall–Kier alpha value is -1.54. The zero-order valence-electron chi connectivity index (χ0n) is 10.7. The zero-order valence-corrected chi connectivity index (χ0v) is 13.1. The first-order valence-corrected chi connectivity index (χ1v) is 7.31. The second-order valence-corrected chi connectivity index (χ2v) is 6.34. The molecule has 1 unspecified atom stereocenters. The first-order valence-electron chi connectivity index (χ1n) is 5.70. The fraction of sp³-hybridized carbons (Fsp3) is 0.250. The van der Waals surface area contributed by atoms with Crippen LogP contribution in [0, 0.1) is 22.9 Å². The minimum absolute atomic E-state index is 0.0625. The number of anilines is 1. The van der Waals surface area contributed by atoms with Gasteiger partial charge in [-0.2, -0.15) is 0 Å². The summed E-state index contributed by atoms with van der Waals surface area (Å²) >= 11 is 4.44. The first kappa shape index (κ1) is 14.9. The third kappa shape index (κ3) is 3.13. The normalized spacial score (nSPS) is 12.2. The lowest BCUT2D eigenvalue weighted by molar-refractivity contribution is -0.384. The van der Waals surface area contributed by atoms with Crippen LogP contribution in [0.4, 0.5) is 15.8 Å². The molecule has 0 radical (unpaired) electrons. The number of nitro groups is 1. The minimum atomic E-state index is -0.555. The molecular formula is C12H11BrFN3O2S. The molecule has 1 aromatic carbocycles. The molecule has 0 aliphatic heterocycles. The molecule has 2 rings (SSSR count). The van der Waals surface area contributed by atoms with Gasteiger partial charge in [0.05, 0.1) is 15.4 Å². The summed E-state index contributed by atoms with van der Waals surface area (Å²) in [6.07, 6.45) is 1.73. The molecule has 8 heteroatoms. The largest absolute Gasteiger partial charge is 0.370 e. The van der Waals surface area contributed by atoms with Crippen LogP contribution in [0.1, 0.15) is 22.9 Å². The van der Waals surface area contributed by atoms with Gasteiger partial charge >= 0.3 is 0 Å². The molecule has 0 bridgehead atoms. The van der Waals surface area contributed by atoms with Crippen LogP contribution in [-0.4, -0.2) is 9.91 Å². The van der Waals surface area contributed by atoms with Gasteiger partial charge in [0.2, 0.25) is 0 Å². The maximum absolute atomic E-state index is 13.6. The first-order chi connectivity index (χ1) is 9.38. The summed E-state index contributed by atoms with van der Waals surface area (Å²) in [7, 11) is 0. The molecule has 106 valence electrons. The van der Waals surface area contributed by atoms with E-state index in [1.54, 1.807) is 6.20 Å². The van der Waals surface area contributed by atoms with Gasteiger partial charge in [-0.05, 0) is 29.8 Å². The zero-order chi connectivity index (χ0) is 14.9. The molecule has 0 aliphatic rings. The number of hydrogen-bond acceptors (Lipinski definition) is 5. The van der Waals surface area contributed by atoms with Gasteiger partial charge in [0.25, 0.3) is 5.69 Å². The van der Waals surface area contributed by atoms with Crippen LogP contribution in [0.15, 0.2) is 22.8 Å². The van der Waals surface area contributed by atoms with E-state index in [0.29, 0.717) is 0 Å². The van der Waals surface area contributed by atoms with Crippen molar-refractivity contribution in [1.29, 1.82) is 0 Å². The number of thiazole rings is 1. The van der Waals surface area contributed by atoms with Crippen molar-refractivity contribution in [1.82, 2.24) is 4.98 Å². The number of aryl methyl sites for hydroxylation is 1. The Morgan fingerprint density at radius 1 is 1.55 bits per heavy atom. The molecule has 1 heterocycles. The monoisotopic (exact) mass is 359 g/mol. The van der Waals surface area contributed by atoms with Crippen molar-refractivity contribution in [3.05, 3.63) is 48.6 Å². The Morgan fingerprint density at radius 2 is 2.25 bits per heavy atom. The average Bonchev–Trinajstić information content (AvgIpc) is 2.80. The van der Waals surface area contributed by atoms with Crippen molar-refractivity contribution >= 4 is 38.6 Å². The van der Waals surface area contributed by atoms with Gasteiger partial charge in [0.15, 0.2) is 0 Å². The average molecular weight is 360 g/mol. The molecule has 2 aromatic rings. The summed E-state index contributed by atoms with van der Waals surface area (Å²) in [5.74, 6) is -0.555. The number of nitro benzene ring substituents is 1. The van der Waals surface area contributed by atoms with Crippen molar-refractivity contribution in [3.63, 3.8) is 0 Å². The predicted octanol–water partition coefficient (Wildman–Crippen LogP) is 4.43. The van der Waals surface area contributed by atoms with Crippen LogP contribution < -0.4 is 5.32 Å². The van der Waals surface area contributed by atoms with Crippen LogP contribution in [0.2, 0.25) is 0 Å². The maximum Gasteiger partial charge on any atom is 0.293 e. The molecule has 0 aliphatic carbocycles. The quantitative estimate of drug-likeness (QED) is 0.647. The van der Waals surface area contributed by atoms with Gasteiger partial charge in [-0.25, -0.2) is 9.37 Å². The second kappa shape index (κ2) is 5.84. The van der Waals surface area contributed by atoms with E-state index in [9.17, 15) is 14.5 Å². The molecule has 0 amide bonds. The number of aromatic nitrogens is 1. The molecule has 0 fully saturated rings. The van der Waals surface area contributed by atoms with E-state index in [4.69, 9.17) is 0 Å². The van der Waals surface area contributed by atoms with E-state index in [2.05, 4.69) is 26.2 Å². The van der Waals surface area contributed by atoms with Crippen molar-refractivity contribution in [2.45, 2.75) is 19.9 Å². The second-order valence-electron chi connectivity index (χ2n) is 4.22. The van der Waals surface area contributed by atoms with Gasteiger partial charge in [0, 0.05) is 23.2 Å². The summed E-state index contributed by atoms with van der Waals surface area (Å²) in [6, 6.07) is 2.02. The van der Waals surface area contributed by atoms with E-state index >= 15 is 0 Å². The number of nitrogens with one attached hydrogen (secondary N) is 1. The van der Waals surface area contributed by atoms with Crippen molar-refractivity contribution in [2.24, 2.45) is 0 Å². The van der Waals surface area contributed by atoms with E-state index in [1.165, 1.54) is 11.3 Å². The Bertz CT molecular complexity index is 662. The Balaban J connectivity index is 2.33. The molecule has 0 spiro atoms. The maximum atomic E-state index is 13.6. The van der Waals surface area contributed by atoms with E-state index in [1.807, 2.05) is 13.8 Å². The van der Waals surface area contributed by atoms with E-state index in [0.717, 1.165) is 22.0 Å². The van der Waals surface area contributed by atoms with Crippen LogP contribution in [0.3, 0.4) is 0 Å². The number of rotatable bonds is 4. The topological polar surface area (TPSA) is 68.1 Å². The van der Waals surface area contributed by atoms with E-state index < -0.39 is 10.7 Å².